The zero-order chi connectivity index (χ0) is 16.8. The second kappa shape index (κ2) is 7.26. The predicted molar refractivity (Wildman–Crippen MR) is 87.5 cm³/mol. The molecule has 0 saturated carbocycles. The fraction of sp³-hybridized carbons (Fsp3) is 0.188. The number of rotatable bonds is 5. The number of anilines is 3. The molecule has 2 rings (SSSR count). The van der Waals surface area contributed by atoms with E-state index >= 15 is 0 Å². The molecule has 1 unspecified atom stereocenters. The first-order valence-corrected chi connectivity index (χ1v) is 7.13. The Morgan fingerprint density at radius 2 is 1.96 bits per heavy atom. The Bertz CT molecular complexity index is 691. The highest BCUT2D eigenvalue weighted by molar-refractivity contribution is 6.05. The molecule has 120 valence electrons. The van der Waals surface area contributed by atoms with E-state index in [4.69, 9.17) is 10.8 Å². The van der Waals surface area contributed by atoms with Crippen molar-refractivity contribution in [1.29, 1.82) is 0 Å². The number of carbonyl (C=O) groups is 2. The summed E-state index contributed by atoms with van der Waals surface area (Å²) in [5.74, 6) is -0.166. The van der Waals surface area contributed by atoms with Crippen LogP contribution in [-0.4, -0.2) is 28.1 Å². The van der Waals surface area contributed by atoms with Gasteiger partial charge in [-0.25, -0.2) is 9.78 Å². The van der Waals surface area contributed by atoms with Crippen LogP contribution in [0.1, 0.15) is 13.3 Å². The van der Waals surface area contributed by atoms with E-state index in [1.807, 2.05) is 6.07 Å². The Morgan fingerprint density at radius 3 is 2.52 bits per heavy atom. The first-order chi connectivity index (χ1) is 11.0. The summed E-state index contributed by atoms with van der Waals surface area (Å²) in [4.78, 5) is 29.3. The number of hydrogen-bond donors (Lipinski definition) is 3. The maximum absolute atomic E-state index is 12.9. The molecule has 1 atom stereocenters. The van der Waals surface area contributed by atoms with E-state index in [1.54, 1.807) is 43.3 Å². The van der Waals surface area contributed by atoms with Gasteiger partial charge >= 0.3 is 6.09 Å². The van der Waals surface area contributed by atoms with Gasteiger partial charge in [0.2, 0.25) is 0 Å². The number of carboxylic acid groups (broad SMARTS) is 1. The molecular formula is C16H18N4O3. The topological polar surface area (TPSA) is 109 Å². The van der Waals surface area contributed by atoms with Gasteiger partial charge in [-0.05, 0) is 30.7 Å². The Labute approximate surface area is 133 Å². The minimum absolute atomic E-state index is 0.273. The summed E-state index contributed by atoms with van der Waals surface area (Å²) in [6.07, 6.45) is 0.578. The molecule has 0 radical (unpaired) electrons. The van der Waals surface area contributed by atoms with E-state index in [0.29, 0.717) is 17.8 Å². The van der Waals surface area contributed by atoms with Crippen molar-refractivity contribution in [2.45, 2.75) is 19.4 Å². The van der Waals surface area contributed by atoms with Crippen LogP contribution >= 0.6 is 0 Å². The van der Waals surface area contributed by atoms with Crippen molar-refractivity contribution in [3.63, 3.8) is 0 Å². The molecule has 4 N–H and O–H groups in total. The van der Waals surface area contributed by atoms with Crippen molar-refractivity contribution >= 4 is 29.2 Å². The summed E-state index contributed by atoms with van der Waals surface area (Å²) in [6.45, 7) is 1.73. The second-order valence-corrected chi connectivity index (χ2v) is 4.84. The molecular weight excluding hydrogens is 296 g/mol. The molecule has 23 heavy (non-hydrogen) atoms. The lowest BCUT2D eigenvalue weighted by molar-refractivity contribution is -0.119. The third kappa shape index (κ3) is 3.76. The van der Waals surface area contributed by atoms with Gasteiger partial charge in [-0.2, -0.15) is 0 Å². The van der Waals surface area contributed by atoms with Gasteiger partial charge in [0.15, 0.2) is 5.82 Å². The van der Waals surface area contributed by atoms with Crippen molar-refractivity contribution in [3.05, 3.63) is 48.7 Å². The van der Waals surface area contributed by atoms with Gasteiger partial charge < -0.3 is 16.2 Å². The zero-order valence-electron chi connectivity index (χ0n) is 12.6. The van der Waals surface area contributed by atoms with Crippen LogP contribution in [0.25, 0.3) is 0 Å². The number of aromatic nitrogens is 1. The van der Waals surface area contributed by atoms with Crippen molar-refractivity contribution < 1.29 is 14.7 Å². The lowest BCUT2D eigenvalue weighted by Gasteiger charge is -2.27. The molecule has 0 aliphatic carbocycles. The lowest BCUT2D eigenvalue weighted by Crippen LogP contribution is -2.46. The highest BCUT2D eigenvalue weighted by Crippen LogP contribution is 2.29. The summed E-state index contributed by atoms with van der Waals surface area (Å²) < 4.78 is 0. The van der Waals surface area contributed by atoms with Gasteiger partial charge in [0.25, 0.3) is 5.91 Å². The number of benzene rings is 1. The Hall–Kier alpha value is -3.09. The first-order valence-electron chi connectivity index (χ1n) is 7.13. The number of nitrogens with two attached hydrogens (primary N) is 1. The fourth-order valence-electron chi connectivity index (χ4n) is 2.17. The van der Waals surface area contributed by atoms with E-state index in [2.05, 4.69) is 10.3 Å². The smallest absolute Gasteiger partial charge is 0.405 e. The highest BCUT2D eigenvalue weighted by atomic mass is 16.4. The minimum Gasteiger partial charge on any atom is -0.465 e. The van der Waals surface area contributed by atoms with Crippen molar-refractivity contribution in [2.75, 3.05) is 10.6 Å². The van der Waals surface area contributed by atoms with E-state index in [0.717, 1.165) is 0 Å². The largest absolute Gasteiger partial charge is 0.465 e. The number of carbonyl (C=O) groups excluding carboxylic acids is 1. The zero-order valence-corrected chi connectivity index (χ0v) is 12.6. The SMILES string of the molecule is CCC(NC(=O)O)C(=O)N(c1ccccc1)c1ncccc1N. The third-order valence-corrected chi connectivity index (χ3v) is 3.27. The molecule has 0 aliphatic heterocycles. The molecule has 2 amide bonds. The number of pyridine rings is 1. The summed E-state index contributed by atoms with van der Waals surface area (Å²) in [6, 6.07) is 11.3. The summed E-state index contributed by atoms with van der Waals surface area (Å²) in [5, 5.41) is 11.1. The van der Waals surface area contributed by atoms with Crippen LogP contribution in [0.5, 0.6) is 0 Å². The third-order valence-electron chi connectivity index (χ3n) is 3.27. The number of amides is 2. The standard InChI is InChI=1S/C16H18N4O3/c1-2-13(19-16(22)23)15(21)20(11-7-4-3-5-8-11)14-12(17)9-6-10-18-14/h3-10,13,19H,2,17H2,1H3,(H,22,23). The van der Waals surface area contributed by atoms with Gasteiger partial charge in [0.1, 0.15) is 6.04 Å². The maximum atomic E-state index is 12.9. The number of nitrogen functional groups attached to an aromatic ring is 1. The first kappa shape index (κ1) is 16.3. The van der Waals surface area contributed by atoms with E-state index < -0.39 is 18.0 Å². The van der Waals surface area contributed by atoms with Crippen LogP contribution in [0, 0.1) is 0 Å². The number of nitrogens with zero attached hydrogens (tertiary/aromatic N) is 2. The Morgan fingerprint density at radius 1 is 1.26 bits per heavy atom. The van der Waals surface area contributed by atoms with Gasteiger partial charge in [0.05, 0.1) is 11.4 Å². The van der Waals surface area contributed by atoms with Gasteiger partial charge in [-0.15, -0.1) is 0 Å². The molecule has 0 fully saturated rings. The fourth-order valence-corrected chi connectivity index (χ4v) is 2.17. The Balaban J connectivity index is 2.48. The van der Waals surface area contributed by atoms with Crippen molar-refractivity contribution in [3.8, 4) is 0 Å². The number of nitrogens with one attached hydrogen (secondary N) is 1. The molecule has 1 heterocycles. The van der Waals surface area contributed by atoms with Gasteiger partial charge in [-0.1, -0.05) is 25.1 Å². The average Bonchev–Trinajstić information content (AvgIpc) is 2.55. The van der Waals surface area contributed by atoms with Gasteiger partial charge in [0, 0.05) is 6.20 Å². The van der Waals surface area contributed by atoms with E-state index in [9.17, 15) is 9.59 Å². The predicted octanol–water partition coefficient (Wildman–Crippen LogP) is 2.37. The summed E-state index contributed by atoms with van der Waals surface area (Å²) in [5.41, 5.74) is 6.84. The van der Waals surface area contributed by atoms with Crippen LogP contribution in [-0.2, 0) is 4.79 Å². The number of para-hydroxylation sites is 1. The normalized spacial score (nSPS) is 11.5. The summed E-state index contributed by atoms with van der Waals surface area (Å²) in [7, 11) is 0. The van der Waals surface area contributed by atoms with E-state index in [-0.39, 0.29) is 5.82 Å². The van der Waals surface area contributed by atoms with Crippen LogP contribution in [0.4, 0.5) is 22.0 Å². The Kier molecular flexibility index (Phi) is 5.14. The monoisotopic (exact) mass is 314 g/mol. The van der Waals surface area contributed by atoms with Crippen LogP contribution in [0.3, 0.4) is 0 Å². The van der Waals surface area contributed by atoms with Crippen LogP contribution < -0.4 is 16.0 Å². The lowest BCUT2D eigenvalue weighted by atomic mass is 10.1. The maximum Gasteiger partial charge on any atom is 0.405 e. The molecule has 1 aromatic carbocycles. The molecule has 1 aromatic heterocycles. The molecule has 7 nitrogen and oxygen atoms in total. The van der Waals surface area contributed by atoms with Gasteiger partial charge in [-0.3, -0.25) is 9.69 Å². The molecule has 7 heteroatoms. The molecule has 0 saturated heterocycles. The minimum atomic E-state index is -1.26. The molecule has 0 spiro atoms. The van der Waals surface area contributed by atoms with E-state index in [1.165, 1.54) is 11.1 Å². The quantitative estimate of drug-likeness (QED) is 0.785. The number of hydrogen-bond acceptors (Lipinski definition) is 4. The van der Waals surface area contributed by atoms with Crippen LogP contribution in [0.15, 0.2) is 48.7 Å². The highest BCUT2D eigenvalue weighted by Gasteiger charge is 2.28. The van der Waals surface area contributed by atoms with Crippen LogP contribution in [0.2, 0.25) is 0 Å². The second-order valence-electron chi connectivity index (χ2n) is 4.84. The molecule has 0 bridgehead atoms. The summed E-state index contributed by atoms with van der Waals surface area (Å²) >= 11 is 0. The van der Waals surface area contributed by atoms with Crippen molar-refractivity contribution in [1.82, 2.24) is 10.3 Å². The van der Waals surface area contributed by atoms with Crippen molar-refractivity contribution in [2.24, 2.45) is 0 Å². The molecule has 2 aromatic rings. The average molecular weight is 314 g/mol. The molecule has 0 aliphatic rings.